The van der Waals surface area contributed by atoms with Crippen LogP contribution in [0.1, 0.15) is 18.1 Å². The minimum absolute atomic E-state index is 0.114. The Morgan fingerprint density at radius 1 is 1.23 bits per heavy atom. The van der Waals surface area contributed by atoms with Gasteiger partial charge in [0.15, 0.2) is 18.1 Å². The molecule has 1 amide bonds. The maximum Gasteiger partial charge on any atom is 0.277 e. The number of halogens is 1. The van der Waals surface area contributed by atoms with Gasteiger partial charge in [-0.25, -0.2) is 5.43 Å². The fraction of sp³-hybridized carbons (Fsp3) is 0.263. The number of hydrogen-bond acceptors (Lipinski definition) is 5. The summed E-state index contributed by atoms with van der Waals surface area (Å²) < 4.78 is 17.0. The van der Waals surface area contributed by atoms with E-state index in [0.717, 1.165) is 15.6 Å². The zero-order valence-corrected chi connectivity index (χ0v) is 16.5. The lowest BCUT2D eigenvalue weighted by Gasteiger charge is -2.12. The average molecular weight is 421 g/mol. The van der Waals surface area contributed by atoms with Gasteiger partial charge in [-0.1, -0.05) is 17.7 Å². The predicted molar refractivity (Wildman–Crippen MR) is 104 cm³/mol. The van der Waals surface area contributed by atoms with E-state index in [-0.39, 0.29) is 12.5 Å². The van der Waals surface area contributed by atoms with E-state index in [0.29, 0.717) is 23.9 Å². The number of ether oxygens (including phenoxy) is 3. The summed E-state index contributed by atoms with van der Waals surface area (Å²) in [6.07, 6.45) is 1.52. The zero-order chi connectivity index (χ0) is 18.9. The minimum atomic E-state index is -0.348. The number of nitrogens with one attached hydrogen (secondary N) is 1. The third kappa shape index (κ3) is 5.77. The van der Waals surface area contributed by atoms with Crippen LogP contribution in [0.3, 0.4) is 0 Å². The van der Waals surface area contributed by atoms with Crippen LogP contribution in [-0.2, 0) is 4.79 Å². The number of hydrogen-bond donors (Lipinski definition) is 1. The molecule has 7 heteroatoms. The summed E-state index contributed by atoms with van der Waals surface area (Å²) in [7, 11) is 1.56. The van der Waals surface area contributed by atoms with Crippen molar-refractivity contribution in [3.63, 3.8) is 0 Å². The van der Waals surface area contributed by atoms with Gasteiger partial charge in [-0.3, -0.25) is 4.79 Å². The van der Waals surface area contributed by atoms with Crippen molar-refractivity contribution in [2.24, 2.45) is 5.10 Å². The first-order valence-electron chi connectivity index (χ1n) is 8.05. The molecule has 1 N–H and O–H groups in total. The van der Waals surface area contributed by atoms with Crippen molar-refractivity contribution >= 4 is 28.1 Å². The third-order valence-electron chi connectivity index (χ3n) is 3.33. The van der Waals surface area contributed by atoms with E-state index in [9.17, 15) is 4.79 Å². The van der Waals surface area contributed by atoms with E-state index in [1.807, 2.05) is 44.2 Å². The molecule has 0 heterocycles. The monoisotopic (exact) mass is 420 g/mol. The summed E-state index contributed by atoms with van der Waals surface area (Å²) in [6.45, 7) is 4.30. The molecule has 138 valence electrons. The molecule has 26 heavy (non-hydrogen) atoms. The highest BCUT2D eigenvalue weighted by atomic mass is 79.9. The molecule has 0 aliphatic heterocycles. The highest BCUT2D eigenvalue weighted by Gasteiger charge is 2.10. The van der Waals surface area contributed by atoms with Crippen molar-refractivity contribution in [3.05, 3.63) is 52.0 Å². The topological polar surface area (TPSA) is 69.2 Å². The Balaban J connectivity index is 1.91. The molecule has 0 radical (unpaired) electrons. The summed E-state index contributed by atoms with van der Waals surface area (Å²) in [5.74, 6) is 1.49. The molecule has 0 aliphatic carbocycles. The molecule has 0 atom stereocenters. The van der Waals surface area contributed by atoms with Crippen LogP contribution in [0, 0.1) is 6.92 Å². The average Bonchev–Trinajstić information content (AvgIpc) is 2.63. The molecule has 0 saturated carbocycles. The summed E-state index contributed by atoms with van der Waals surface area (Å²) in [4.78, 5) is 11.8. The van der Waals surface area contributed by atoms with Gasteiger partial charge in [-0.15, -0.1) is 0 Å². The van der Waals surface area contributed by atoms with Gasteiger partial charge in [-0.2, -0.15) is 5.10 Å². The highest BCUT2D eigenvalue weighted by molar-refractivity contribution is 9.10. The predicted octanol–water partition coefficient (Wildman–Crippen LogP) is 3.69. The maximum atomic E-state index is 11.8. The molecular weight excluding hydrogens is 400 g/mol. The Kier molecular flexibility index (Phi) is 7.47. The van der Waals surface area contributed by atoms with Crippen LogP contribution in [-0.4, -0.2) is 32.4 Å². The Morgan fingerprint density at radius 3 is 2.62 bits per heavy atom. The molecule has 2 rings (SSSR count). The Labute approximate surface area is 161 Å². The van der Waals surface area contributed by atoms with E-state index in [2.05, 4.69) is 26.5 Å². The summed E-state index contributed by atoms with van der Waals surface area (Å²) >= 11 is 3.44. The first-order valence-corrected chi connectivity index (χ1v) is 8.84. The van der Waals surface area contributed by atoms with Crippen LogP contribution in [0.2, 0.25) is 0 Å². The molecule has 0 unspecified atom stereocenters. The summed E-state index contributed by atoms with van der Waals surface area (Å²) in [5, 5.41) is 3.94. The number of hydrazone groups is 1. The van der Waals surface area contributed by atoms with Gasteiger partial charge < -0.3 is 14.2 Å². The fourth-order valence-electron chi connectivity index (χ4n) is 2.09. The Hall–Kier alpha value is -2.54. The lowest BCUT2D eigenvalue weighted by molar-refractivity contribution is -0.123. The Bertz CT molecular complexity index is 776. The maximum absolute atomic E-state index is 11.8. The van der Waals surface area contributed by atoms with Crippen LogP contribution >= 0.6 is 15.9 Å². The van der Waals surface area contributed by atoms with Gasteiger partial charge in [0.1, 0.15) is 5.75 Å². The van der Waals surface area contributed by atoms with Crippen LogP contribution in [0.15, 0.2) is 46.0 Å². The van der Waals surface area contributed by atoms with Crippen molar-refractivity contribution in [2.45, 2.75) is 13.8 Å². The van der Waals surface area contributed by atoms with Gasteiger partial charge in [0.05, 0.1) is 24.4 Å². The molecule has 2 aromatic rings. The summed E-state index contributed by atoms with van der Waals surface area (Å²) in [5.41, 5.74) is 4.30. The van der Waals surface area contributed by atoms with Crippen LogP contribution in [0.5, 0.6) is 17.2 Å². The summed E-state index contributed by atoms with van der Waals surface area (Å²) in [6, 6.07) is 11.1. The highest BCUT2D eigenvalue weighted by Crippen LogP contribution is 2.36. The quantitative estimate of drug-likeness (QED) is 0.522. The fourth-order valence-corrected chi connectivity index (χ4v) is 2.67. The van der Waals surface area contributed by atoms with E-state index >= 15 is 0 Å². The molecular formula is C19H21BrN2O4. The second-order valence-corrected chi connectivity index (χ2v) is 6.22. The minimum Gasteiger partial charge on any atom is -0.493 e. The molecule has 0 saturated heterocycles. The van der Waals surface area contributed by atoms with E-state index in [1.54, 1.807) is 13.2 Å². The number of carbonyl (C=O) groups is 1. The number of benzene rings is 2. The zero-order valence-electron chi connectivity index (χ0n) is 14.9. The first kappa shape index (κ1) is 19.8. The number of amides is 1. The van der Waals surface area contributed by atoms with Crippen molar-refractivity contribution in [2.75, 3.05) is 20.3 Å². The molecule has 0 aromatic heterocycles. The third-order valence-corrected chi connectivity index (χ3v) is 3.92. The van der Waals surface area contributed by atoms with Gasteiger partial charge in [-0.05, 0) is 59.6 Å². The van der Waals surface area contributed by atoms with Crippen molar-refractivity contribution in [3.8, 4) is 17.2 Å². The largest absolute Gasteiger partial charge is 0.493 e. The van der Waals surface area contributed by atoms with E-state index in [4.69, 9.17) is 14.2 Å². The van der Waals surface area contributed by atoms with E-state index < -0.39 is 0 Å². The standard InChI is InChI=1S/C19H21BrN2O4/c1-4-25-19-16(20)9-14(10-17(19)24-3)11-21-22-18(23)12-26-15-7-5-13(2)6-8-15/h5-11H,4,12H2,1-3H3,(H,22,23)/b21-11+. The molecule has 0 bridgehead atoms. The smallest absolute Gasteiger partial charge is 0.277 e. The number of rotatable bonds is 8. The normalized spacial score (nSPS) is 10.6. The number of carbonyl (C=O) groups excluding carboxylic acids is 1. The van der Waals surface area contributed by atoms with Gasteiger partial charge >= 0.3 is 0 Å². The van der Waals surface area contributed by atoms with E-state index in [1.165, 1.54) is 6.21 Å². The van der Waals surface area contributed by atoms with Gasteiger partial charge in [0.25, 0.3) is 5.91 Å². The first-order chi connectivity index (χ1) is 12.5. The van der Waals surface area contributed by atoms with Crippen LogP contribution in [0.4, 0.5) is 0 Å². The SMILES string of the molecule is CCOc1c(Br)cc(/C=N/NC(=O)COc2ccc(C)cc2)cc1OC. The number of aryl methyl sites for hydroxylation is 1. The second kappa shape index (κ2) is 9.82. The lowest BCUT2D eigenvalue weighted by atomic mass is 10.2. The Morgan fingerprint density at radius 2 is 1.96 bits per heavy atom. The second-order valence-electron chi connectivity index (χ2n) is 5.36. The molecule has 0 fully saturated rings. The van der Waals surface area contributed by atoms with Crippen molar-refractivity contribution < 1.29 is 19.0 Å². The van der Waals surface area contributed by atoms with Crippen LogP contribution in [0.25, 0.3) is 0 Å². The molecule has 2 aromatic carbocycles. The molecule has 6 nitrogen and oxygen atoms in total. The van der Waals surface area contributed by atoms with Gasteiger partial charge in [0.2, 0.25) is 0 Å². The van der Waals surface area contributed by atoms with Gasteiger partial charge in [0, 0.05) is 0 Å². The van der Waals surface area contributed by atoms with Crippen LogP contribution < -0.4 is 19.6 Å². The number of methoxy groups -OCH3 is 1. The molecule has 0 spiro atoms. The van der Waals surface area contributed by atoms with Crippen molar-refractivity contribution in [1.82, 2.24) is 5.43 Å². The molecule has 0 aliphatic rings. The number of nitrogens with zero attached hydrogens (tertiary/aromatic N) is 1. The van der Waals surface area contributed by atoms with Crippen molar-refractivity contribution in [1.29, 1.82) is 0 Å². The lowest BCUT2D eigenvalue weighted by Crippen LogP contribution is -2.24.